The molecule has 168 valence electrons. The molecule has 0 unspecified atom stereocenters. The number of halogens is 3. The van der Waals surface area contributed by atoms with Crippen LogP contribution in [-0.4, -0.2) is 66.4 Å². The number of nitrogens with zero attached hydrogens (tertiary/aromatic N) is 3. The Hall–Kier alpha value is -2.49. The number of ether oxygens (including phenoxy) is 2. The van der Waals surface area contributed by atoms with E-state index in [0.717, 1.165) is 5.56 Å². The number of carbonyl (C=O) groups excluding carboxylic acids is 1. The molecule has 0 bridgehead atoms. The predicted molar refractivity (Wildman–Crippen MR) is 107 cm³/mol. The summed E-state index contributed by atoms with van der Waals surface area (Å²) in [5.41, 5.74) is 6.99. The van der Waals surface area contributed by atoms with Gasteiger partial charge in [-0.05, 0) is 31.9 Å². The molecule has 30 heavy (non-hydrogen) atoms. The highest BCUT2D eigenvalue weighted by molar-refractivity contribution is 5.78. The second-order valence-electron chi connectivity index (χ2n) is 8.06. The predicted octanol–water partition coefficient (Wildman–Crippen LogP) is 3.13. The van der Waals surface area contributed by atoms with Crippen LogP contribution in [0.15, 0.2) is 29.3 Å². The lowest BCUT2D eigenvalue weighted by Crippen LogP contribution is -2.53. The van der Waals surface area contributed by atoms with E-state index in [1.807, 2.05) is 31.7 Å². The van der Waals surface area contributed by atoms with Crippen LogP contribution in [0.2, 0.25) is 0 Å². The van der Waals surface area contributed by atoms with Crippen molar-refractivity contribution in [2.45, 2.75) is 45.7 Å². The van der Waals surface area contributed by atoms with Gasteiger partial charge in [0.05, 0.1) is 13.2 Å². The Morgan fingerprint density at radius 2 is 1.70 bits per heavy atom. The van der Waals surface area contributed by atoms with Gasteiger partial charge in [0.1, 0.15) is 12.2 Å². The third kappa shape index (κ3) is 8.48. The summed E-state index contributed by atoms with van der Waals surface area (Å²) in [5.74, 6) is 0.359. The fourth-order valence-electron chi connectivity index (χ4n) is 2.82. The molecule has 1 aliphatic rings. The van der Waals surface area contributed by atoms with E-state index in [1.54, 1.807) is 23.1 Å². The summed E-state index contributed by atoms with van der Waals surface area (Å²) >= 11 is 0. The van der Waals surface area contributed by atoms with Gasteiger partial charge < -0.3 is 25.0 Å². The van der Waals surface area contributed by atoms with Gasteiger partial charge in [-0.1, -0.05) is 24.3 Å². The number of guanidine groups is 1. The van der Waals surface area contributed by atoms with Gasteiger partial charge in [-0.2, -0.15) is 13.2 Å². The molecule has 1 aromatic carbocycles. The average Bonchev–Trinajstić information content (AvgIpc) is 2.64. The fraction of sp³-hybridized carbons (Fsp3) is 0.600. The molecular formula is C20H29F3N4O3. The van der Waals surface area contributed by atoms with Crippen LogP contribution < -0.4 is 5.73 Å². The first kappa shape index (κ1) is 23.8. The fourth-order valence-corrected chi connectivity index (χ4v) is 2.82. The van der Waals surface area contributed by atoms with Gasteiger partial charge in [-0.25, -0.2) is 9.79 Å². The molecule has 0 atom stereocenters. The summed E-state index contributed by atoms with van der Waals surface area (Å²) in [4.78, 5) is 20.0. The lowest BCUT2D eigenvalue weighted by molar-refractivity contribution is -0.176. The van der Waals surface area contributed by atoms with Crippen molar-refractivity contribution in [1.82, 2.24) is 9.80 Å². The molecule has 0 aliphatic carbocycles. The maximum atomic E-state index is 12.2. The van der Waals surface area contributed by atoms with Crippen molar-refractivity contribution < 1.29 is 27.4 Å². The summed E-state index contributed by atoms with van der Waals surface area (Å²) < 4.78 is 46.6. The smallest absolute Gasteiger partial charge is 0.411 e. The maximum Gasteiger partial charge on any atom is 0.411 e. The van der Waals surface area contributed by atoms with E-state index in [-0.39, 0.29) is 12.7 Å². The third-order valence-electron chi connectivity index (χ3n) is 4.20. The molecule has 2 N–H and O–H groups in total. The van der Waals surface area contributed by atoms with Gasteiger partial charge in [-0.3, -0.25) is 0 Å². The van der Waals surface area contributed by atoms with Crippen LogP contribution in [0.4, 0.5) is 18.0 Å². The highest BCUT2D eigenvalue weighted by Crippen LogP contribution is 2.16. The maximum absolute atomic E-state index is 12.2. The SMILES string of the molecule is CC(C)(C)OC(=O)N1CCN(C(N)=NCc2cccc(COCC(F)(F)F)c2)CC1. The Morgan fingerprint density at radius 1 is 1.10 bits per heavy atom. The van der Waals surface area contributed by atoms with Crippen molar-refractivity contribution in [3.63, 3.8) is 0 Å². The van der Waals surface area contributed by atoms with Crippen LogP contribution in [0.25, 0.3) is 0 Å². The first-order valence-corrected chi connectivity index (χ1v) is 9.68. The summed E-state index contributed by atoms with van der Waals surface area (Å²) in [6, 6.07) is 7.01. The number of hydrogen-bond acceptors (Lipinski definition) is 4. The molecule has 1 aliphatic heterocycles. The molecule has 0 saturated carbocycles. The minimum Gasteiger partial charge on any atom is -0.444 e. The van der Waals surface area contributed by atoms with Crippen LogP contribution in [-0.2, 0) is 22.6 Å². The molecule has 0 radical (unpaired) electrons. The molecule has 0 spiro atoms. The van der Waals surface area contributed by atoms with Gasteiger partial charge in [0.15, 0.2) is 5.96 Å². The molecule has 1 fully saturated rings. The molecule has 0 aromatic heterocycles. The standard InChI is InChI=1S/C20H29F3N4O3/c1-19(2,3)30-18(28)27-9-7-26(8-10-27)17(24)25-12-15-5-4-6-16(11-15)13-29-14-20(21,22)23/h4-6,11H,7-10,12-14H2,1-3H3,(H2,24,25). The number of rotatable bonds is 5. The molecule has 1 aromatic rings. The van der Waals surface area contributed by atoms with E-state index in [4.69, 9.17) is 10.5 Å². The second kappa shape index (κ2) is 10.0. The minimum absolute atomic E-state index is 0.126. The van der Waals surface area contributed by atoms with Crippen molar-refractivity contribution in [3.05, 3.63) is 35.4 Å². The minimum atomic E-state index is -4.34. The molecule has 7 nitrogen and oxygen atoms in total. The zero-order valence-electron chi connectivity index (χ0n) is 17.5. The van der Waals surface area contributed by atoms with Gasteiger partial charge in [0.2, 0.25) is 0 Å². The topological polar surface area (TPSA) is 80.4 Å². The van der Waals surface area contributed by atoms with Crippen molar-refractivity contribution >= 4 is 12.1 Å². The molecular weight excluding hydrogens is 401 g/mol. The lowest BCUT2D eigenvalue weighted by atomic mass is 10.1. The van der Waals surface area contributed by atoms with Gasteiger partial charge in [0.25, 0.3) is 0 Å². The number of carbonyl (C=O) groups is 1. The van der Waals surface area contributed by atoms with Gasteiger partial charge >= 0.3 is 12.3 Å². The van der Waals surface area contributed by atoms with E-state index < -0.39 is 18.4 Å². The Bertz CT molecular complexity index is 740. The number of alkyl halides is 3. The van der Waals surface area contributed by atoms with E-state index in [1.165, 1.54) is 0 Å². The largest absolute Gasteiger partial charge is 0.444 e. The zero-order chi connectivity index (χ0) is 22.4. The Kier molecular flexibility index (Phi) is 7.94. The second-order valence-corrected chi connectivity index (χ2v) is 8.06. The highest BCUT2D eigenvalue weighted by Gasteiger charge is 2.27. The summed E-state index contributed by atoms with van der Waals surface area (Å²) in [7, 11) is 0. The summed E-state index contributed by atoms with van der Waals surface area (Å²) in [6.07, 6.45) is -4.69. The van der Waals surface area contributed by atoms with Gasteiger partial charge in [-0.15, -0.1) is 0 Å². The quantitative estimate of drug-likeness (QED) is 0.574. The van der Waals surface area contributed by atoms with Crippen molar-refractivity contribution in [1.29, 1.82) is 0 Å². The van der Waals surface area contributed by atoms with E-state index in [0.29, 0.717) is 44.2 Å². The molecule has 1 heterocycles. The van der Waals surface area contributed by atoms with E-state index >= 15 is 0 Å². The summed E-state index contributed by atoms with van der Waals surface area (Å²) in [5, 5.41) is 0. The van der Waals surface area contributed by atoms with Crippen LogP contribution in [0.1, 0.15) is 31.9 Å². The first-order chi connectivity index (χ1) is 13.9. The Balaban J connectivity index is 1.83. The number of benzene rings is 1. The van der Waals surface area contributed by atoms with E-state index in [2.05, 4.69) is 9.73 Å². The van der Waals surface area contributed by atoms with Crippen LogP contribution >= 0.6 is 0 Å². The number of amides is 1. The average molecular weight is 430 g/mol. The van der Waals surface area contributed by atoms with Crippen LogP contribution in [0.3, 0.4) is 0 Å². The van der Waals surface area contributed by atoms with Gasteiger partial charge in [0, 0.05) is 26.2 Å². The molecule has 1 amide bonds. The normalized spacial score (nSPS) is 16.0. The van der Waals surface area contributed by atoms with Crippen molar-refractivity contribution in [2.24, 2.45) is 10.7 Å². The molecule has 2 rings (SSSR count). The molecule has 1 saturated heterocycles. The first-order valence-electron chi connectivity index (χ1n) is 9.68. The third-order valence-corrected chi connectivity index (χ3v) is 4.20. The Labute approximate surface area is 174 Å². The number of hydrogen-bond donors (Lipinski definition) is 1. The van der Waals surface area contributed by atoms with Crippen LogP contribution in [0, 0.1) is 0 Å². The summed E-state index contributed by atoms with van der Waals surface area (Å²) in [6.45, 7) is 6.41. The number of nitrogens with two attached hydrogens (primary N) is 1. The van der Waals surface area contributed by atoms with Crippen LogP contribution in [0.5, 0.6) is 0 Å². The number of aliphatic imine (C=N–C) groups is 1. The highest BCUT2D eigenvalue weighted by atomic mass is 19.4. The van der Waals surface area contributed by atoms with Crippen molar-refractivity contribution in [3.8, 4) is 0 Å². The lowest BCUT2D eigenvalue weighted by Gasteiger charge is -2.36. The zero-order valence-corrected chi connectivity index (χ0v) is 17.5. The monoisotopic (exact) mass is 430 g/mol. The van der Waals surface area contributed by atoms with E-state index in [9.17, 15) is 18.0 Å². The molecule has 10 heteroatoms. The number of piperazine rings is 1. The Morgan fingerprint density at radius 3 is 2.30 bits per heavy atom. The van der Waals surface area contributed by atoms with Crippen molar-refractivity contribution in [2.75, 3.05) is 32.8 Å².